The standard InChI is InChI=1S/C14H15N3S/c1-11-13(10-15)14(18-17-11)16-9-5-8-12-6-3-2-4-7-12/h2-4,6-7,16H,5,8-9H2,1H3. The van der Waals surface area contributed by atoms with Gasteiger partial charge in [-0.3, -0.25) is 0 Å². The molecule has 0 bridgehead atoms. The zero-order valence-electron chi connectivity index (χ0n) is 10.3. The summed E-state index contributed by atoms with van der Waals surface area (Å²) >= 11 is 1.36. The van der Waals surface area contributed by atoms with Crippen LogP contribution in [0.15, 0.2) is 30.3 Å². The number of rotatable bonds is 5. The summed E-state index contributed by atoms with van der Waals surface area (Å²) in [4.78, 5) is 0. The average molecular weight is 257 g/mol. The minimum atomic E-state index is 0.680. The molecule has 1 heterocycles. The first-order valence-corrected chi connectivity index (χ1v) is 6.73. The maximum absolute atomic E-state index is 9.00. The normalized spacial score (nSPS) is 10.0. The average Bonchev–Trinajstić information content (AvgIpc) is 2.76. The van der Waals surface area contributed by atoms with Crippen molar-refractivity contribution in [3.63, 3.8) is 0 Å². The topological polar surface area (TPSA) is 48.7 Å². The van der Waals surface area contributed by atoms with Gasteiger partial charge in [0.15, 0.2) is 0 Å². The molecule has 0 atom stereocenters. The second-order valence-corrected chi connectivity index (χ2v) is 4.87. The van der Waals surface area contributed by atoms with Gasteiger partial charge in [0.2, 0.25) is 0 Å². The van der Waals surface area contributed by atoms with Gasteiger partial charge in [-0.15, -0.1) is 0 Å². The highest BCUT2D eigenvalue weighted by Crippen LogP contribution is 2.23. The summed E-state index contributed by atoms with van der Waals surface area (Å²) in [6, 6.07) is 12.6. The van der Waals surface area contributed by atoms with E-state index in [-0.39, 0.29) is 0 Å². The molecule has 1 aromatic carbocycles. The van der Waals surface area contributed by atoms with Crippen molar-refractivity contribution < 1.29 is 0 Å². The number of nitrogens with zero attached hydrogens (tertiary/aromatic N) is 2. The van der Waals surface area contributed by atoms with E-state index in [1.54, 1.807) is 0 Å². The summed E-state index contributed by atoms with van der Waals surface area (Å²) in [5.41, 5.74) is 2.84. The fourth-order valence-electron chi connectivity index (χ4n) is 1.76. The molecule has 2 aromatic rings. The fourth-order valence-corrected chi connectivity index (χ4v) is 2.53. The van der Waals surface area contributed by atoms with Crippen LogP contribution in [-0.4, -0.2) is 10.9 Å². The maximum Gasteiger partial charge on any atom is 0.127 e. The molecule has 18 heavy (non-hydrogen) atoms. The highest BCUT2D eigenvalue weighted by molar-refractivity contribution is 7.10. The van der Waals surface area contributed by atoms with Crippen molar-refractivity contribution in [3.05, 3.63) is 47.2 Å². The number of anilines is 1. The second-order valence-electron chi connectivity index (χ2n) is 4.10. The number of aromatic nitrogens is 1. The van der Waals surface area contributed by atoms with E-state index in [9.17, 15) is 0 Å². The van der Waals surface area contributed by atoms with Crippen LogP contribution in [-0.2, 0) is 6.42 Å². The molecule has 2 rings (SSSR count). The number of hydrogen-bond donors (Lipinski definition) is 1. The van der Waals surface area contributed by atoms with E-state index in [1.165, 1.54) is 17.1 Å². The van der Waals surface area contributed by atoms with E-state index in [0.29, 0.717) is 5.56 Å². The molecule has 3 nitrogen and oxygen atoms in total. The van der Waals surface area contributed by atoms with Crippen LogP contribution in [0.1, 0.15) is 23.2 Å². The van der Waals surface area contributed by atoms with E-state index in [4.69, 9.17) is 5.26 Å². The monoisotopic (exact) mass is 257 g/mol. The lowest BCUT2D eigenvalue weighted by molar-refractivity contribution is 0.864. The number of nitrogens with one attached hydrogen (secondary N) is 1. The molecule has 0 unspecified atom stereocenters. The Morgan fingerprint density at radius 2 is 2.11 bits per heavy atom. The van der Waals surface area contributed by atoms with Crippen molar-refractivity contribution in [1.82, 2.24) is 4.37 Å². The Morgan fingerprint density at radius 3 is 2.83 bits per heavy atom. The van der Waals surface area contributed by atoms with Crippen LogP contribution in [0.4, 0.5) is 5.00 Å². The first kappa shape index (κ1) is 12.6. The lowest BCUT2D eigenvalue weighted by Gasteiger charge is -2.04. The van der Waals surface area contributed by atoms with Gasteiger partial charge in [0, 0.05) is 6.54 Å². The van der Waals surface area contributed by atoms with E-state index in [2.05, 4.69) is 40.0 Å². The van der Waals surface area contributed by atoms with Gasteiger partial charge in [0.05, 0.1) is 5.69 Å². The molecule has 0 radical (unpaired) electrons. The minimum Gasteiger partial charge on any atom is -0.375 e. The Kier molecular flexibility index (Phi) is 4.32. The molecular weight excluding hydrogens is 242 g/mol. The van der Waals surface area contributed by atoms with Gasteiger partial charge >= 0.3 is 0 Å². The van der Waals surface area contributed by atoms with E-state index >= 15 is 0 Å². The lowest BCUT2D eigenvalue weighted by atomic mass is 10.1. The first-order chi connectivity index (χ1) is 8.81. The smallest absolute Gasteiger partial charge is 0.127 e. The van der Waals surface area contributed by atoms with Crippen molar-refractivity contribution in [1.29, 1.82) is 5.26 Å². The Balaban J connectivity index is 1.81. The largest absolute Gasteiger partial charge is 0.375 e. The molecule has 0 saturated carbocycles. The molecule has 1 N–H and O–H groups in total. The van der Waals surface area contributed by atoms with Gasteiger partial charge in [0.1, 0.15) is 16.6 Å². The Hall–Kier alpha value is -1.86. The predicted octanol–water partition coefficient (Wildman–Crippen LogP) is 3.37. The Morgan fingerprint density at radius 1 is 1.33 bits per heavy atom. The van der Waals surface area contributed by atoms with Gasteiger partial charge in [0.25, 0.3) is 0 Å². The zero-order valence-corrected chi connectivity index (χ0v) is 11.1. The van der Waals surface area contributed by atoms with Crippen molar-refractivity contribution in [3.8, 4) is 6.07 Å². The van der Waals surface area contributed by atoms with E-state index in [0.717, 1.165) is 30.1 Å². The van der Waals surface area contributed by atoms with Crippen LogP contribution in [0.25, 0.3) is 0 Å². The van der Waals surface area contributed by atoms with Gasteiger partial charge in [-0.2, -0.15) is 9.64 Å². The van der Waals surface area contributed by atoms with Crippen LogP contribution in [0.3, 0.4) is 0 Å². The second kappa shape index (κ2) is 6.18. The number of hydrogen-bond acceptors (Lipinski definition) is 4. The van der Waals surface area contributed by atoms with Gasteiger partial charge in [-0.05, 0) is 36.9 Å². The minimum absolute atomic E-state index is 0.680. The van der Waals surface area contributed by atoms with Crippen LogP contribution >= 0.6 is 11.5 Å². The molecule has 4 heteroatoms. The quantitative estimate of drug-likeness (QED) is 0.835. The van der Waals surface area contributed by atoms with Gasteiger partial charge in [-0.1, -0.05) is 30.3 Å². The lowest BCUT2D eigenvalue weighted by Crippen LogP contribution is -2.02. The zero-order chi connectivity index (χ0) is 12.8. The summed E-state index contributed by atoms with van der Waals surface area (Å²) in [6.45, 7) is 2.73. The summed E-state index contributed by atoms with van der Waals surface area (Å²) in [5.74, 6) is 0. The molecule has 92 valence electrons. The van der Waals surface area contributed by atoms with E-state index < -0.39 is 0 Å². The van der Waals surface area contributed by atoms with Gasteiger partial charge in [-0.25, -0.2) is 0 Å². The molecule has 0 spiro atoms. The molecule has 0 amide bonds. The van der Waals surface area contributed by atoms with Crippen LogP contribution < -0.4 is 5.32 Å². The van der Waals surface area contributed by atoms with Crippen molar-refractivity contribution in [2.75, 3.05) is 11.9 Å². The van der Waals surface area contributed by atoms with Crippen LogP contribution in [0, 0.1) is 18.3 Å². The van der Waals surface area contributed by atoms with E-state index in [1.807, 2.05) is 13.0 Å². The third-order valence-electron chi connectivity index (χ3n) is 2.75. The SMILES string of the molecule is Cc1nsc(NCCCc2ccccc2)c1C#N. The Bertz CT molecular complexity index is 540. The van der Waals surface area contributed by atoms with Crippen molar-refractivity contribution in [2.45, 2.75) is 19.8 Å². The molecule has 0 aliphatic carbocycles. The third kappa shape index (κ3) is 3.08. The molecule has 1 aromatic heterocycles. The number of nitriles is 1. The summed E-state index contributed by atoms with van der Waals surface area (Å²) in [5, 5.41) is 13.2. The molecular formula is C14H15N3S. The third-order valence-corrected chi connectivity index (χ3v) is 3.64. The van der Waals surface area contributed by atoms with Crippen molar-refractivity contribution in [2.24, 2.45) is 0 Å². The summed E-state index contributed by atoms with van der Waals surface area (Å²) in [7, 11) is 0. The fraction of sp³-hybridized carbons (Fsp3) is 0.286. The highest BCUT2D eigenvalue weighted by Gasteiger charge is 2.08. The molecule has 0 fully saturated rings. The highest BCUT2D eigenvalue weighted by atomic mass is 32.1. The first-order valence-electron chi connectivity index (χ1n) is 5.95. The summed E-state index contributed by atoms with van der Waals surface area (Å²) in [6.07, 6.45) is 2.10. The summed E-state index contributed by atoms with van der Waals surface area (Å²) < 4.78 is 4.18. The van der Waals surface area contributed by atoms with Crippen LogP contribution in [0.5, 0.6) is 0 Å². The molecule has 0 aliphatic heterocycles. The molecule has 0 aliphatic rings. The Labute approximate surface area is 111 Å². The number of benzene rings is 1. The van der Waals surface area contributed by atoms with Crippen LogP contribution in [0.2, 0.25) is 0 Å². The van der Waals surface area contributed by atoms with Gasteiger partial charge < -0.3 is 5.32 Å². The predicted molar refractivity (Wildman–Crippen MR) is 74.8 cm³/mol. The maximum atomic E-state index is 9.00. The molecule has 0 saturated heterocycles. The van der Waals surface area contributed by atoms with Crippen molar-refractivity contribution >= 4 is 16.5 Å². The number of aryl methyl sites for hydroxylation is 2.